The molecule has 0 aromatic heterocycles. The van der Waals surface area contributed by atoms with E-state index in [1.54, 1.807) is 6.07 Å². The van der Waals surface area contributed by atoms with Crippen molar-refractivity contribution in [1.29, 1.82) is 0 Å². The second-order valence-electron chi connectivity index (χ2n) is 5.17. The lowest BCUT2D eigenvalue weighted by Crippen LogP contribution is -2.10. The molecule has 3 aliphatic rings. The third kappa shape index (κ3) is 1.74. The summed E-state index contributed by atoms with van der Waals surface area (Å²) in [5.74, 6) is 1.27. The molecule has 1 aromatic rings. The van der Waals surface area contributed by atoms with Crippen molar-refractivity contribution >= 4 is 5.69 Å². The van der Waals surface area contributed by atoms with E-state index in [1.165, 1.54) is 6.07 Å². The maximum Gasteiger partial charge on any atom is 0.279 e. The van der Waals surface area contributed by atoms with Gasteiger partial charge in [0.25, 0.3) is 5.69 Å². The van der Waals surface area contributed by atoms with E-state index in [4.69, 9.17) is 18.9 Å². The van der Waals surface area contributed by atoms with Gasteiger partial charge in [0, 0.05) is 5.92 Å². The Bertz CT molecular complexity index is 562. The van der Waals surface area contributed by atoms with Gasteiger partial charge in [-0.2, -0.15) is 0 Å². The number of nitro benzene ring substituents is 1. The smallest absolute Gasteiger partial charge is 0.279 e. The molecule has 2 fully saturated rings. The second-order valence-corrected chi connectivity index (χ2v) is 5.17. The van der Waals surface area contributed by atoms with Crippen LogP contribution < -0.4 is 9.47 Å². The Morgan fingerprint density at radius 3 is 2.80 bits per heavy atom. The first-order chi connectivity index (χ1) is 9.72. The fourth-order valence-electron chi connectivity index (χ4n) is 3.04. The first-order valence-corrected chi connectivity index (χ1v) is 6.57. The Kier molecular flexibility index (Phi) is 2.58. The summed E-state index contributed by atoms with van der Waals surface area (Å²) in [4.78, 5) is 10.8. The summed E-state index contributed by atoms with van der Waals surface area (Å²) in [6.07, 6.45) is 1.13. The molecule has 0 bridgehead atoms. The van der Waals surface area contributed by atoms with Crippen molar-refractivity contribution in [3.05, 3.63) is 27.8 Å². The molecular weight excluding hydrogens is 266 g/mol. The molecule has 0 aliphatic carbocycles. The number of fused-ring (bicyclic) bond motifs is 2. The minimum absolute atomic E-state index is 0.0132. The molecule has 7 nitrogen and oxygen atoms in total. The maximum atomic E-state index is 11.2. The zero-order valence-electron chi connectivity index (χ0n) is 10.6. The number of ether oxygens (including phenoxy) is 4. The Morgan fingerprint density at radius 2 is 2.05 bits per heavy atom. The number of hydrogen-bond acceptors (Lipinski definition) is 6. The van der Waals surface area contributed by atoms with Crippen molar-refractivity contribution < 1.29 is 23.9 Å². The van der Waals surface area contributed by atoms with Gasteiger partial charge in [-0.1, -0.05) is 0 Å². The molecule has 20 heavy (non-hydrogen) atoms. The molecule has 1 aromatic carbocycles. The first-order valence-electron chi connectivity index (χ1n) is 6.57. The van der Waals surface area contributed by atoms with Gasteiger partial charge in [-0.05, 0) is 18.9 Å². The minimum Gasteiger partial charge on any atom is -0.454 e. The minimum atomic E-state index is -0.407. The first kappa shape index (κ1) is 11.9. The molecule has 0 saturated carbocycles. The van der Waals surface area contributed by atoms with Crippen molar-refractivity contribution in [2.75, 3.05) is 13.4 Å². The summed E-state index contributed by atoms with van der Waals surface area (Å²) in [5, 5.41) is 11.2. The van der Waals surface area contributed by atoms with Gasteiger partial charge in [0.2, 0.25) is 6.79 Å². The van der Waals surface area contributed by atoms with Crippen molar-refractivity contribution in [3.63, 3.8) is 0 Å². The fourth-order valence-corrected chi connectivity index (χ4v) is 3.04. The van der Waals surface area contributed by atoms with Crippen LogP contribution in [0.4, 0.5) is 5.69 Å². The molecule has 3 heterocycles. The molecule has 2 saturated heterocycles. The van der Waals surface area contributed by atoms with Crippen LogP contribution in [0.2, 0.25) is 0 Å². The van der Waals surface area contributed by atoms with E-state index < -0.39 is 4.92 Å². The van der Waals surface area contributed by atoms with Crippen LogP contribution in [-0.4, -0.2) is 24.6 Å². The van der Waals surface area contributed by atoms with Crippen LogP contribution >= 0.6 is 0 Å². The summed E-state index contributed by atoms with van der Waals surface area (Å²) < 4.78 is 21.8. The Balaban J connectivity index is 1.72. The standard InChI is InChI=1S/C13H13NO6/c15-14(16)9-5-12-11(18-6-19-12)4-8(9)10-3-7-1-2-17-13(7)20-10/h4-5,7,10,13H,1-3,6H2/t7-,10-,13+/m0/s1. The predicted octanol–water partition coefficient (Wildman–Crippen LogP) is 2.15. The van der Waals surface area contributed by atoms with Gasteiger partial charge in [-0.25, -0.2) is 0 Å². The van der Waals surface area contributed by atoms with Crippen molar-refractivity contribution in [2.45, 2.75) is 25.2 Å². The second kappa shape index (κ2) is 4.32. The predicted molar refractivity (Wildman–Crippen MR) is 65.5 cm³/mol. The van der Waals surface area contributed by atoms with E-state index in [0.29, 0.717) is 29.6 Å². The fraction of sp³-hybridized carbons (Fsp3) is 0.538. The molecule has 0 amide bonds. The Labute approximate surface area is 114 Å². The third-order valence-corrected chi connectivity index (χ3v) is 4.04. The van der Waals surface area contributed by atoms with Gasteiger partial charge in [-0.15, -0.1) is 0 Å². The molecule has 0 unspecified atom stereocenters. The number of hydrogen-bond donors (Lipinski definition) is 0. The van der Waals surface area contributed by atoms with Crippen molar-refractivity contribution in [3.8, 4) is 11.5 Å². The average molecular weight is 279 g/mol. The third-order valence-electron chi connectivity index (χ3n) is 4.04. The maximum absolute atomic E-state index is 11.2. The van der Waals surface area contributed by atoms with E-state index >= 15 is 0 Å². The number of rotatable bonds is 2. The lowest BCUT2D eigenvalue weighted by molar-refractivity contribution is -0.386. The van der Waals surface area contributed by atoms with E-state index in [0.717, 1.165) is 12.8 Å². The zero-order chi connectivity index (χ0) is 13.7. The van der Waals surface area contributed by atoms with Crippen LogP contribution in [0.3, 0.4) is 0 Å². The highest BCUT2D eigenvalue weighted by molar-refractivity contribution is 5.56. The van der Waals surface area contributed by atoms with Crippen LogP contribution in [0.25, 0.3) is 0 Å². The summed E-state index contributed by atoms with van der Waals surface area (Å²) >= 11 is 0. The number of nitro groups is 1. The lowest BCUT2D eigenvalue weighted by Gasteiger charge is -2.13. The Hall–Kier alpha value is -1.86. The van der Waals surface area contributed by atoms with Gasteiger partial charge < -0.3 is 18.9 Å². The highest BCUT2D eigenvalue weighted by atomic mass is 16.7. The van der Waals surface area contributed by atoms with Gasteiger partial charge in [0.05, 0.1) is 29.3 Å². The lowest BCUT2D eigenvalue weighted by atomic mass is 9.97. The Morgan fingerprint density at radius 1 is 1.25 bits per heavy atom. The molecular formula is C13H13NO6. The summed E-state index contributed by atoms with van der Waals surface area (Å²) in [5.41, 5.74) is 0.552. The number of benzene rings is 1. The summed E-state index contributed by atoms with van der Waals surface area (Å²) in [6, 6.07) is 3.07. The van der Waals surface area contributed by atoms with Crippen LogP contribution in [0.15, 0.2) is 12.1 Å². The van der Waals surface area contributed by atoms with Gasteiger partial charge in [-0.3, -0.25) is 10.1 Å². The van der Waals surface area contributed by atoms with Crippen molar-refractivity contribution in [2.24, 2.45) is 5.92 Å². The van der Waals surface area contributed by atoms with Crippen LogP contribution in [0.5, 0.6) is 11.5 Å². The average Bonchev–Trinajstić information content (AvgIpc) is 3.11. The van der Waals surface area contributed by atoms with Gasteiger partial charge >= 0.3 is 0 Å². The van der Waals surface area contributed by atoms with Gasteiger partial charge in [0.15, 0.2) is 17.8 Å². The van der Waals surface area contributed by atoms with Crippen LogP contribution in [0, 0.1) is 16.0 Å². The summed E-state index contributed by atoms with van der Waals surface area (Å²) in [7, 11) is 0. The molecule has 7 heteroatoms. The molecule has 3 atom stereocenters. The zero-order valence-corrected chi connectivity index (χ0v) is 10.6. The largest absolute Gasteiger partial charge is 0.454 e. The molecule has 0 N–H and O–H groups in total. The molecule has 3 aliphatic heterocycles. The topological polar surface area (TPSA) is 80.1 Å². The molecule has 4 rings (SSSR count). The monoisotopic (exact) mass is 279 g/mol. The van der Waals surface area contributed by atoms with Crippen LogP contribution in [0.1, 0.15) is 24.5 Å². The summed E-state index contributed by atoms with van der Waals surface area (Å²) in [6.45, 7) is 0.793. The SMILES string of the molecule is O=[N+]([O-])c1cc2c(cc1[C@@H]1C[C@@H]3CCO[C@@H]3O1)OCO2. The normalized spacial score (nSPS) is 30.5. The van der Waals surface area contributed by atoms with Crippen molar-refractivity contribution in [1.82, 2.24) is 0 Å². The highest BCUT2D eigenvalue weighted by Crippen LogP contribution is 2.47. The number of nitrogens with zero attached hydrogens (tertiary/aromatic N) is 1. The van der Waals surface area contributed by atoms with Gasteiger partial charge in [0.1, 0.15) is 0 Å². The molecule has 0 radical (unpaired) electrons. The quantitative estimate of drug-likeness (QED) is 0.609. The van der Waals surface area contributed by atoms with Crippen LogP contribution in [-0.2, 0) is 9.47 Å². The van der Waals surface area contributed by atoms with E-state index in [1.807, 2.05) is 0 Å². The highest BCUT2D eigenvalue weighted by Gasteiger charge is 2.42. The molecule has 106 valence electrons. The van der Waals surface area contributed by atoms with E-state index in [9.17, 15) is 10.1 Å². The molecule has 0 spiro atoms. The van der Waals surface area contributed by atoms with E-state index in [2.05, 4.69) is 0 Å². The van der Waals surface area contributed by atoms with E-state index in [-0.39, 0.29) is 24.9 Å².